The topological polar surface area (TPSA) is 3.24 Å². The minimum absolute atomic E-state index is 0.233. The summed E-state index contributed by atoms with van der Waals surface area (Å²) in [5, 5.41) is 0. The molecule has 0 radical (unpaired) electrons. The Kier molecular flexibility index (Phi) is 4.07. The number of para-hydroxylation sites is 2. The molecular weight excluding hydrogens is 397 g/mol. The maximum Gasteiger partial charge on any atom is 0.247 e. The summed E-state index contributed by atoms with van der Waals surface area (Å²) in [6, 6.07) is 46.6. The van der Waals surface area contributed by atoms with E-state index in [2.05, 4.69) is 132 Å². The fraction of sp³-hybridized carbons (Fsp3) is 0.0323. The van der Waals surface area contributed by atoms with Gasteiger partial charge in [0.2, 0.25) is 6.71 Å². The van der Waals surface area contributed by atoms with Gasteiger partial charge in [0.1, 0.15) is 0 Å². The lowest BCUT2D eigenvalue weighted by Crippen LogP contribution is -2.61. The van der Waals surface area contributed by atoms with E-state index in [9.17, 15) is 0 Å². The number of fused-ring (bicyclic) bond motifs is 4. The maximum atomic E-state index is 2.45. The molecular formula is C31H22BN. The molecule has 5 aromatic carbocycles. The molecule has 0 saturated heterocycles. The highest BCUT2D eigenvalue weighted by molar-refractivity contribution is 6.99. The molecule has 5 aromatic rings. The zero-order valence-corrected chi connectivity index (χ0v) is 18.2. The van der Waals surface area contributed by atoms with Crippen LogP contribution in [0.15, 0.2) is 127 Å². The van der Waals surface area contributed by atoms with E-state index in [1.165, 1.54) is 50.1 Å². The van der Waals surface area contributed by atoms with E-state index in [1.54, 1.807) is 0 Å². The van der Waals surface area contributed by atoms with E-state index in [1.807, 2.05) is 0 Å². The van der Waals surface area contributed by atoms with E-state index in [0.29, 0.717) is 0 Å². The normalized spacial score (nSPS) is 15.5. The zero-order chi connectivity index (χ0) is 21.8. The molecule has 1 atom stereocenters. The quantitative estimate of drug-likeness (QED) is 0.336. The first-order chi connectivity index (χ1) is 16.4. The second kappa shape index (κ2) is 7.25. The Labute approximate surface area is 195 Å². The summed E-state index contributed by atoms with van der Waals surface area (Å²) in [5.41, 5.74) is 12.2. The molecule has 1 nitrogen and oxygen atoms in total. The smallest absolute Gasteiger partial charge is 0.247 e. The summed E-state index contributed by atoms with van der Waals surface area (Å²) < 4.78 is 0. The van der Waals surface area contributed by atoms with Crippen molar-refractivity contribution in [2.45, 2.75) is 5.92 Å². The van der Waals surface area contributed by atoms with Crippen molar-refractivity contribution in [1.29, 1.82) is 0 Å². The third-order valence-electron chi connectivity index (χ3n) is 7.21. The predicted molar refractivity (Wildman–Crippen MR) is 140 cm³/mol. The van der Waals surface area contributed by atoms with Gasteiger partial charge in [-0.25, -0.2) is 0 Å². The van der Waals surface area contributed by atoms with Crippen molar-refractivity contribution < 1.29 is 0 Å². The standard InChI is InChI=1S/C31H22BN/c1-3-12-22(13-4-1)30-24-16-7-8-18-26(24)32-27-19-9-10-20-28(27)33(23-14-5-2-6-15-23)29-21-11-17-25(30)31(29)32/h1-21,30H. The Morgan fingerprint density at radius 3 is 1.91 bits per heavy atom. The van der Waals surface area contributed by atoms with E-state index in [0.717, 1.165) is 0 Å². The molecule has 0 amide bonds. The van der Waals surface area contributed by atoms with Crippen molar-refractivity contribution in [2.24, 2.45) is 0 Å². The summed E-state index contributed by atoms with van der Waals surface area (Å²) in [6.45, 7) is 0.239. The van der Waals surface area contributed by atoms with Gasteiger partial charge >= 0.3 is 0 Å². The first-order valence-corrected chi connectivity index (χ1v) is 11.6. The largest absolute Gasteiger partial charge is 0.312 e. The number of anilines is 3. The minimum atomic E-state index is 0.233. The van der Waals surface area contributed by atoms with Gasteiger partial charge < -0.3 is 4.90 Å². The lowest BCUT2D eigenvalue weighted by atomic mass is 9.31. The summed E-state index contributed by atoms with van der Waals surface area (Å²) in [4.78, 5) is 2.45. The van der Waals surface area contributed by atoms with Gasteiger partial charge in [0.25, 0.3) is 0 Å². The fourth-order valence-electron chi connectivity index (χ4n) is 5.94. The molecule has 154 valence electrons. The first kappa shape index (κ1) is 18.5. The Balaban J connectivity index is 1.58. The van der Waals surface area contributed by atoms with Gasteiger partial charge in [0.15, 0.2) is 0 Å². The van der Waals surface area contributed by atoms with Crippen molar-refractivity contribution in [2.75, 3.05) is 4.90 Å². The van der Waals surface area contributed by atoms with Gasteiger partial charge in [0, 0.05) is 23.0 Å². The highest BCUT2D eigenvalue weighted by Crippen LogP contribution is 2.41. The number of benzene rings is 5. The average Bonchev–Trinajstić information content (AvgIpc) is 2.89. The molecule has 2 heteroatoms. The second-order valence-electron chi connectivity index (χ2n) is 8.92. The molecule has 0 bridgehead atoms. The molecule has 0 aliphatic carbocycles. The number of rotatable bonds is 2. The Morgan fingerprint density at radius 2 is 1.09 bits per heavy atom. The predicted octanol–water partition coefficient (Wildman–Crippen LogP) is 5.48. The van der Waals surface area contributed by atoms with Crippen molar-refractivity contribution in [3.05, 3.63) is 144 Å². The summed E-state index contributed by atoms with van der Waals surface area (Å²) in [6.07, 6.45) is 0. The van der Waals surface area contributed by atoms with Crippen LogP contribution in [-0.2, 0) is 0 Å². The van der Waals surface area contributed by atoms with Gasteiger partial charge in [-0.3, -0.25) is 0 Å². The second-order valence-corrected chi connectivity index (χ2v) is 8.92. The minimum Gasteiger partial charge on any atom is -0.312 e. The van der Waals surface area contributed by atoms with Crippen molar-refractivity contribution in [3.63, 3.8) is 0 Å². The van der Waals surface area contributed by atoms with Crippen LogP contribution in [0.5, 0.6) is 0 Å². The molecule has 0 spiro atoms. The van der Waals surface area contributed by atoms with Gasteiger partial charge in [-0.2, -0.15) is 0 Å². The van der Waals surface area contributed by atoms with Crippen LogP contribution in [0.2, 0.25) is 0 Å². The Bertz CT molecular complexity index is 1370. The lowest BCUT2D eigenvalue weighted by molar-refractivity contribution is 0.984. The summed E-state index contributed by atoms with van der Waals surface area (Å²) >= 11 is 0. The van der Waals surface area contributed by atoms with Crippen molar-refractivity contribution in [1.82, 2.24) is 0 Å². The molecule has 1 unspecified atom stereocenters. The number of nitrogens with zero attached hydrogens (tertiary/aromatic N) is 1. The number of hydrogen-bond donors (Lipinski definition) is 0. The van der Waals surface area contributed by atoms with E-state index >= 15 is 0 Å². The number of hydrogen-bond acceptors (Lipinski definition) is 1. The highest BCUT2D eigenvalue weighted by Gasteiger charge is 2.42. The van der Waals surface area contributed by atoms with Crippen LogP contribution in [0.1, 0.15) is 22.6 Å². The van der Waals surface area contributed by atoms with Gasteiger partial charge in [-0.1, -0.05) is 109 Å². The molecule has 0 saturated carbocycles. The molecule has 2 aliphatic rings. The van der Waals surface area contributed by atoms with Crippen LogP contribution in [0.3, 0.4) is 0 Å². The van der Waals surface area contributed by atoms with E-state index in [4.69, 9.17) is 0 Å². The van der Waals surface area contributed by atoms with Gasteiger partial charge in [-0.15, -0.1) is 0 Å². The van der Waals surface area contributed by atoms with Crippen LogP contribution in [0.4, 0.5) is 17.1 Å². The highest BCUT2D eigenvalue weighted by atomic mass is 15.1. The van der Waals surface area contributed by atoms with Crippen LogP contribution < -0.4 is 21.3 Å². The Hall–Kier alpha value is -4.04. The van der Waals surface area contributed by atoms with E-state index in [-0.39, 0.29) is 12.6 Å². The van der Waals surface area contributed by atoms with E-state index < -0.39 is 0 Å². The van der Waals surface area contributed by atoms with Crippen LogP contribution in [0, 0.1) is 0 Å². The van der Waals surface area contributed by atoms with Gasteiger partial charge in [-0.05, 0) is 51.9 Å². The molecule has 7 rings (SSSR count). The maximum absolute atomic E-state index is 2.45. The third-order valence-corrected chi connectivity index (χ3v) is 7.21. The summed E-state index contributed by atoms with van der Waals surface area (Å²) in [5.74, 6) is 0.233. The molecule has 2 aliphatic heterocycles. The van der Waals surface area contributed by atoms with Crippen LogP contribution >= 0.6 is 0 Å². The van der Waals surface area contributed by atoms with Crippen LogP contribution in [-0.4, -0.2) is 6.71 Å². The van der Waals surface area contributed by atoms with Crippen molar-refractivity contribution >= 4 is 40.2 Å². The summed E-state index contributed by atoms with van der Waals surface area (Å²) in [7, 11) is 0. The molecule has 0 fully saturated rings. The lowest BCUT2D eigenvalue weighted by Gasteiger charge is -2.42. The van der Waals surface area contributed by atoms with Crippen LogP contribution in [0.25, 0.3) is 0 Å². The third kappa shape index (κ3) is 2.67. The molecule has 0 aromatic heterocycles. The fourth-order valence-corrected chi connectivity index (χ4v) is 5.94. The molecule has 33 heavy (non-hydrogen) atoms. The SMILES string of the molecule is c1ccc(C2c3ccccc3B3c4ccccc4N(c4ccccc4)c4cccc2c43)cc1. The first-order valence-electron chi connectivity index (χ1n) is 11.6. The Morgan fingerprint density at radius 1 is 0.485 bits per heavy atom. The monoisotopic (exact) mass is 419 g/mol. The molecule has 0 N–H and O–H groups in total. The van der Waals surface area contributed by atoms with Gasteiger partial charge in [0.05, 0.1) is 0 Å². The molecule has 2 heterocycles. The average molecular weight is 419 g/mol. The zero-order valence-electron chi connectivity index (χ0n) is 18.2. The van der Waals surface area contributed by atoms with Crippen molar-refractivity contribution in [3.8, 4) is 0 Å².